The molecule has 0 fully saturated rings. The first kappa shape index (κ1) is 18.7. The van der Waals surface area contributed by atoms with Crippen molar-refractivity contribution in [2.45, 2.75) is 53.0 Å². The summed E-state index contributed by atoms with van der Waals surface area (Å²) in [5, 5.41) is 3.37. The maximum absolute atomic E-state index is 5.45. The molecule has 0 bridgehead atoms. The first-order chi connectivity index (χ1) is 9.42. The summed E-state index contributed by atoms with van der Waals surface area (Å²) in [6.45, 7) is 16.4. The minimum Gasteiger partial charge on any atom is -0.494 e. The van der Waals surface area contributed by atoms with Gasteiger partial charge in [0.2, 0.25) is 0 Å². The van der Waals surface area contributed by atoms with Crippen LogP contribution in [0.3, 0.4) is 0 Å². The van der Waals surface area contributed by atoms with E-state index in [1.54, 1.807) is 0 Å². The summed E-state index contributed by atoms with van der Waals surface area (Å²) in [5.74, 6) is 0.925. The molecular weight excluding hydrogens is 246 g/mol. The maximum Gasteiger partial charge on any atom is 0.119 e. The maximum atomic E-state index is 5.45. The van der Waals surface area contributed by atoms with Crippen molar-refractivity contribution >= 4 is 6.08 Å². The molecule has 1 aromatic rings. The molecule has 0 heterocycles. The Bertz CT molecular complexity index is 366. The molecule has 0 radical (unpaired) electrons. The number of hydrogen-bond acceptors (Lipinski definition) is 2. The zero-order valence-electron chi connectivity index (χ0n) is 13.8. The lowest BCUT2D eigenvalue weighted by molar-refractivity contribution is 0.317. The second-order valence-electron chi connectivity index (χ2n) is 5.80. The molecule has 0 unspecified atom stereocenters. The lowest BCUT2D eigenvalue weighted by Gasteiger charge is -2.19. The minimum atomic E-state index is 0.302. The van der Waals surface area contributed by atoms with E-state index in [-0.39, 0.29) is 0 Å². The molecule has 0 aliphatic carbocycles. The van der Waals surface area contributed by atoms with Crippen LogP contribution >= 0.6 is 0 Å². The molecule has 0 spiro atoms. The Morgan fingerprint density at radius 3 is 2.35 bits per heavy atom. The largest absolute Gasteiger partial charge is 0.494 e. The van der Waals surface area contributed by atoms with Crippen molar-refractivity contribution in [1.82, 2.24) is 5.32 Å². The molecule has 0 atom stereocenters. The van der Waals surface area contributed by atoms with Crippen molar-refractivity contribution in [2.75, 3.05) is 13.2 Å². The summed E-state index contributed by atoms with van der Waals surface area (Å²) in [7, 11) is 0. The highest BCUT2D eigenvalue weighted by atomic mass is 16.5. The van der Waals surface area contributed by atoms with Crippen molar-refractivity contribution in [3.8, 4) is 5.75 Å². The molecular formula is C18H31NO. The van der Waals surface area contributed by atoms with Gasteiger partial charge in [-0.05, 0) is 57.9 Å². The van der Waals surface area contributed by atoms with Crippen LogP contribution in [-0.2, 0) is 0 Å². The molecule has 114 valence electrons. The highest BCUT2D eigenvalue weighted by molar-refractivity contribution is 5.49. The van der Waals surface area contributed by atoms with Gasteiger partial charge in [0.15, 0.2) is 0 Å². The van der Waals surface area contributed by atoms with Crippen LogP contribution in [0.4, 0.5) is 0 Å². The van der Waals surface area contributed by atoms with Gasteiger partial charge in [0.05, 0.1) is 6.61 Å². The Kier molecular flexibility index (Phi) is 9.83. The van der Waals surface area contributed by atoms with Gasteiger partial charge in [0.25, 0.3) is 0 Å². The summed E-state index contributed by atoms with van der Waals surface area (Å²) < 4.78 is 5.45. The molecule has 1 N–H and O–H groups in total. The predicted molar refractivity (Wildman–Crippen MR) is 90.4 cm³/mol. The van der Waals surface area contributed by atoms with Gasteiger partial charge in [-0.25, -0.2) is 0 Å². The Morgan fingerprint density at radius 2 is 1.90 bits per heavy atom. The Balaban J connectivity index is 0.000000396. The average molecular weight is 277 g/mol. The second kappa shape index (κ2) is 10.5. The third kappa shape index (κ3) is 10.6. The van der Waals surface area contributed by atoms with E-state index in [0.29, 0.717) is 5.54 Å². The fourth-order valence-electron chi connectivity index (χ4n) is 1.45. The third-order valence-electron chi connectivity index (χ3n) is 2.47. The van der Waals surface area contributed by atoms with Gasteiger partial charge in [0.1, 0.15) is 5.75 Å². The Labute approximate surface area is 125 Å². The molecule has 0 aliphatic heterocycles. The Morgan fingerprint density at radius 1 is 1.20 bits per heavy atom. The highest BCUT2D eigenvalue weighted by Crippen LogP contribution is 2.13. The van der Waals surface area contributed by atoms with E-state index >= 15 is 0 Å². The van der Waals surface area contributed by atoms with Crippen LogP contribution in [-0.4, -0.2) is 18.7 Å². The van der Waals surface area contributed by atoms with Crippen LogP contribution in [0.1, 0.15) is 53.0 Å². The highest BCUT2D eigenvalue weighted by Gasteiger charge is 2.05. The van der Waals surface area contributed by atoms with Crippen LogP contribution in [0, 0.1) is 0 Å². The molecule has 0 saturated heterocycles. The standard InChI is InChI=1S/C11H14O.C7H17N/c1-3-8-12-11-7-5-6-10(4-2)9-11;1-5-6-8-7(2,3)4/h4-7,9H,2-3,8H2,1H3;8H,5-6H2,1-4H3. The van der Waals surface area contributed by atoms with Gasteiger partial charge < -0.3 is 10.1 Å². The monoisotopic (exact) mass is 277 g/mol. The van der Waals surface area contributed by atoms with Crippen LogP contribution in [0.2, 0.25) is 0 Å². The molecule has 0 aliphatic rings. The molecule has 1 rings (SSSR count). The van der Waals surface area contributed by atoms with Crippen LogP contribution in [0.25, 0.3) is 6.08 Å². The molecule has 0 aromatic heterocycles. The number of benzene rings is 1. The van der Waals surface area contributed by atoms with E-state index in [9.17, 15) is 0 Å². The predicted octanol–water partition coefficient (Wildman–Crippen LogP) is 4.90. The molecule has 2 heteroatoms. The molecule has 1 aromatic carbocycles. The van der Waals surface area contributed by atoms with Crippen LogP contribution in [0.15, 0.2) is 30.8 Å². The normalized spacial score (nSPS) is 10.4. The lowest BCUT2D eigenvalue weighted by atomic mass is 10.1. The smallest absolute Gasteiger partial charge is 0.119 e. The van der Waals surface area contributed by atoms with E-state index in [1.165, 1.54) is 6.42 Å². The summed E-state index contributed by atoms with van der Waals surface area (Å²) in [6, 6.07) is 7.93. The molecule has 0 amide bonds. The summed E-state index contributed by atoms with van der Waals surface area (Å²) >= 11 is 0. The van der Waals surface area contributed by atoms with Crippen LogP contribution < -0.4 is 10.1 Å². The van der Waals surface area contributed by atoms with Gasteiger partial charge >= 0.3 is 0 Å². The van der Waals surface area contributed by atoms with E-state index in [4.69, 9.17) is 4.74 Å². The van der Waals surface area contributed by atoms with Crippen LogP contribution in [0.5, 0.6) is 5.75 Å². The molecule has 0 saturated carbocycles. The zero-order chi connectivity index (χ0) is 15.4. The zero-order valence-corrected chi connectivity index (χ0v) is 13.8. The van der Waals surface area contributed by atoms with E-state index in [0.717, 1.165) is 30.9 Å². The van der Waals surface area contributed by atoms with Gasteiger partial charge in [-0.3, -0.25) is 0 Å². The number of hydrogen-bond donors (Lipinski definition) is 1. The molecule has 2 nitrogen and oxygen atoms in total. The SMILES string of the molecule is C=Cc1cccc(OCCC)c1.CCCNC(C)(C)C. The Hall–Kier alpha value is -1.28. The molecule has 20 heavy (non-hydrogen) atoms. The van der Waals surface area contributed by atoms with Gasteiger partial charge in [0, 0.05) is 5.54 Å². The van der Waals surface area contributed by atoms with E-state index in [2.05, 4.69) is 46.5 Å². The van der Waals surface area contributed by atoms with Gasteiger partial charge in [-0.1, -0.05) is 38.6 Å². The summed E-state index contributed by atoms with van der Waals surface area (Å²) in [5.41, 5.74) is 1.40. The van der Waals surface area contributed by atoms with Crippen molar-refractivity contribution in [3.05, 3.63) is 36.4 Å². The first-order valence-corrected chi connectivity index (χ1v) is 7.53. The van der Waals surface area contributed by atoms with Gasteiger partial charge in [-0.2, -0.15) is 0 Å². The fraction of sp³-hybridized carbons (Fsp3) is 0.556. The summed E-state index contributed by atoms with van der Waals surface area (Å²) in [6.07, 6.45) is 4.08. The first-order valence-electron chi connectivity index (χ1n) is 7.53. The number of nitrogens with one attached hydrogen (secondary N) is 1. The fourth-order valence-corrected chi connectivity index (χ4v) is 1.45. The lowest BCUT2D eigenvalue weighted by Crippen LogP contribution is -2.36. The summed E-state index contributed by atoms with van der Waals surface area (Å²) in [4.78, 5) is 0. The van der Waals surface area contributed by atoms with Gasteiger partial charge in [-0.15, -0.1) is 0 Å². The quantitative estimate of drug-likeness (QED) is 0.798. The third-order valence-corrected chi connectivity index (χ3v) is 2.47. The minimum absolute atomic E-state index is 0.302. The topological polar surface area (TPSA) is 21.3 Å². The van der Waals surface area contributed by atoms with E-state index < -0.39 is 0 Å². The number of rotatable bonds is 6. The second-order valence-corrected chi connectivity index (χ2v) is 5.80. The van der Waals surface area contributed by atoms with Crippen molar-refractivity contribution in [1.29, 1.82) is 0 Å². The van der Waals surface area contributed by atoms with Crippen molar-refractivity contribution < 1.29 is 4.74 Å². The van der Waals surface area contributed by atoms with Crippen molar-refractivity contribution in [3.63, 3.8) is 0 Å². The van der Waals surface area contributed by atoms with Crippen molar-refractivity contribution in [2.24, 2.45) is 0 Å². The van der Waals surface area contributed by atoms with E-state index in [1.807, 2.05) is 30.3 Å². The number of ether oxygens (including phenoxy) is 1. The average Bonchev–Trinajstić information content (AvgIpc) is 2.43.